The van der Waals surface area contributed by atoms with E-state index in [1.807, 2.05) is 0 Å². The van der Waals surface area contributed by atoms with Gasteiger partial charge in [0.25, 0.3) is 11.5 Å². The average Bonchev–Trinajstić information content (AvgIpc) is 3.12. The number of rotatable bonds is 6. The van der Waals surface area contributed by atoms with Crippen molar-refractivity contribution in [2.24, 2.45) is 5.92 Å². The number of ether oxygens (including phenoxy) is 1. The van der Waals surface area contributed by atoms with Crippen LogP contribution in [0.2, 0.25) is 0 Å². The van der Waals surface area contributed by atoms with Gasteiger partial charge in [-0.1, -0.05) is 12.1 Å². The Kier molecular flexibility index (Phi) is 6.14. The molecule has 2 aromatic rings. The molecule has 5 rings (SSSR count). The molecule has 2 saturated heterocycles. The summed E-state index contributed by atoms with van der Waals surface area (Å²) in [5, 5.41) is 22.6. The first kappa shape index (κ1) is 23.8. The minimum absolute atomic E-state index is 0.00705. The molecule has 0 saturated carbocycles. The van der Waals surface area contributed by atoms with Crippen LogP contribution in [-0.4, -0.2) is 63.7 Å². The first-order valence-electron chi connectivity index (χ1n) is 11.7. The fraction of sp³-hybridized carbons (Fsp3) is 0.417. The highest BCUT2D eigenvalue weighted by atomic mass is 16.8. The smallest absolute Gasteiger partial charge is 0.325 e. The minimum Gasteiger partial charge on any atom is -0.733 e. The largest absolute Gasteiger partial charge is 0.733 e. The number of nitrogens with zero attached hydrogens (tertiary/aromatic N) is 4. The normalized spacial score (nSPS) is 22.8. The van der Waals surface area contributed by atoms with Crippen molar-refractivity contribution in [2.45, 2.75) is 37.9 Å². The molecule has 1 aromatic heterocycles. The summed E-state index contributed by atoms with van der Waals surface area (Å²) >= 11 is 0. The van der Waals surface area contributed by atoms with E-state index in [2.05, 4.69) is 5.32 Å². The van der Waals surface area contributed by atoms with Crippen molar-refractivity contribution in [1.29, 1.82) is 0 Å². The minimum atomic E-state index is -0.935. The highest BCUT2D eigenvalue weighted by Gasteiger charge is 2.42. The first-order valence-corrected chi connectivity index (χ1v) is 11.7. The molecule has 190 valence electrons. The quantitative estimate of drug-likeness (QED) is 0.445. The number of fused-ring (bicyclic) bond motifs is 4. The molecule has 2 N–H and O–H groups in total. The summed E-state index contributed by atoms with van der Waals surface area (Å²) < 4.78 is 6.62. The molecule has 3 aliphatic heterocycles. The molecule has 3 aliphatic rings. The Bertz CT molecular complexity index is 1260. The number of nitrogens with one attached hydrogen (secondary N) is 1. The maximum Gasteiger partial charge on any atom is 0.325 e. The van der Waals surface area contributed by atoms with Crippen LogP contribution < -0.4 is 20.8 Å². The van der Waals surface area contributed by atoms with Gasteiger partial charge < -0.3 is 30.0 Å². The molecular formula is C24H26N5O7-. The fourth-order valence-electron chi connectivity index (χ4n) is 5.37. The molecular weight excluding hydrogens is 470 g/mol. The second kappa shape index (κ2) is 9.28. The third-order valence-corrected chi connectivity index (χ3v) is 7.13. The molecule has 4 heterocycles. The number of amides is 4. The fourth-order valence-corrected chi connectivity index (χ4v) is 5.37. The number of carbonyl (C=O) groups is 3. The predicted octanol–water partition coefficient (Wildman–Crippen LogP) is 1.01. The number of urea groups is 1. The number of hydrogen-bond acceptors (Lipinski definition) is 8. The number of carbonyl (C=O) groups excluding carboxylic acids is 3. The monoisotopic (exact) mass is 496 g/mol. The molecule has 0 aliphatic carbocycles. The van der Waals surface area contributed by atoms with Crippen LogP contribution in [0.4, 0.5) is 10.5 Å². The summed E-state index contributed by atoms with van der Waals surface area (Å²) in [4.78, 5) is 53.9. The van der Waals surface area contributed by atoms with Gasteiger partial charge in [0.1, 0.15) is 17.5 Å². The maximum atomic E-state index is 13.1. The highest BCUT2D eigenvalue weighted by molar-refractivity contribution is 6.05. The number of imide groups is 1. The van der Waals surface area contributed by atoms with E-state index in [4.69, 9.17) is 9.94 Å². The van der Waals surface area contributed by atoms with Crippen LogP contribution in [0.5, 0.6) is 5.75 Å². The molecule has 3 atom stereocenters. The predicted molar refractivity (Wildman–Crippen MR) is 126 cm³/mol. The van der Waals surface area contributed by atoms with E-state index in [0.717, 1.165) is 16.9 Å². The van der Waals surface area contributed by atoms with Gasteiger partial charge in [-0.15, -0.1) is 0 Å². The molecule has 1 aromatic carbocycles. The molecule has 0 radical (unpaired) electrons. The second-order valence-corrected chi connectivity index (χ2v) is 9.41. The van der Waals surface area contributed by atoms with Crippen LogP contribution in [-0.2, 0) is 22.7 Å². The zero-order valence-electron chi connectivity index (χ0n) is 19.6. The summed E-state index contributed by atoms with van der Waals surface area (Å²) in [5.41, 5.74) is 0.556. The van der Waals surface area contributed by atoms with Crippen molar-refractivity contribution in [1.82, 2.24) is 19.7 Å². The first-order chi connectivity index (χ1) is 17.2. The Labute approximate surface area is 206 Å². The highest BCUT2D eigenvalue weighted by Crippen LogP contribution is 2.36. The molecule has 12 nitrogen and oxygen atoms in total. The third kappa shape index (κ3) is 4.29. The van der Waals surface area contributed by atoms with Crippen molar-refractivity contribution in [3.05, 3.63) is 63.2 Å². The Morgan fingerprint density at radius 1 is 1.14 bits per heavy atom. The SMILES string of the molecule is COc1ccc(CN2C(=O)N[C@@H](CC(=O)N3C[C@H]4C[C@@H](C3)c3ccc(N([O-])O)c(=O)n3C4)C2=O)cc1. The Hall–Kier alpha value is -3.90. The summed E-state index contributed by atoms with van der Waals surface area (Å²) in [7, 11) is 1.55. The maximum absolute atomic E-state index is 13.1. The topological polar surface area (TPSA) is 147 Å². The van der Waals surface area contributed by atoms with Crippen LogP contribution in [0.25, 0.3) is 0 Å². The molecule has 36 heavy (non-hydrogen) atoms. The summed E-state index contributed by atoms with van der Waals surface area (Å²) in [6, 6.07) is 8.47. The number of methoxy groups -OCH3 is 1. The van der Waals surface area contributed by atoms with Gasteiger partial charge in [0.05, 0.1) is 20.1 Å². The second-order valence-electron chi connectivity index (χ2n) is 9.41. The number of likely N-dealkylation sites (tertiary alicyclic amines) is 1. The third-order valence-electron chi connectivity index (χ3n) is 7.13. The number of hydrogen-bond donors (Lipinski definition) is 2. The molecule has 2 fully saturated rings. The summed E-state index contributed by atoms with van der Waals surface area (Å²) in [6.07, 6.45) is 0.641. The Morgan fingerprint density at radius 3 is 2.58 bits per heavy atom. The van der Waals surface area contributed by atoms with E-state index in [-0.39, 0.29) is 36.4 Å². The molecule has 0 unspecified atom stereocenters. The standard InChI is InChI=1S/C24H26N5O7/c1-36-17-4-2-14(3-5-17)11-28-22(31)18(25-24(28)33)9-21(30)26-10-15-8-16(13-26)19-6-7-20(29(34)35)23(32)27(19)12-15/h2-7,15-16,18,34H,8-13H2,1H3,(H,25,33)/q-1/t15-,16+,18+/m1/s1. The molecule has 12 heteroatoms. The Morgan fingerprint density at radius 2 is 1.89 bits per heavy atom. The summed E-state index contributed by atoms with van der Waals surface area (Å²) in [5.74, 6) is -0.144. The van der Waals surface area contributed by atoms with Gasteiger partial charge in [0.15, 0.2) is 0 Å². The lowest BCUT2D eigenvalue weighted by Crippen LogP contribution is -2.50. The lowest BCUT2D eigenvalue weighted by atomic mass is 9.83. The number of aromatic nitrogens is 1. The van der Waals surface area contributed by atoms with E-state index in [0.29, 0.717) is 31.1 Å². The van der Waals surface area contributed by atoms with Gasteiger partial charge in [0.2, 0.25) is 5.91 Å². The van der Waals surface area contributed by atoms with Gasteiger partial charge >= 0.3 is 6.03 Å². The van der Waals surface area contributed by atoms with Gasteiger partial charge in [-0.25, -0.2) is 4.79 Å². The van der Waals surface area contributed by atoms with Crippen molar-refractivity contribution >= 4 is 23.5 Å². The lowest BCUT2D eigenvalue weighted by Gasteiger charge is -2.43. The van der Waals surface area contributed by atoms with Crippen molar-refractivity contribution in [3.63, 3.8) is 0 Å². The number of pyridine rings is 1. The van der Waals surface area contributed by atoms with E-state index in [9.17, 15) is 24.4 Å². The molecule has 0 spiro atoms. The zero-order chi connectivity index (χ0) is 25.6. The van der Waals surface area contributed by atoms with E-state index < -0.39 is 28.8 Å². The van der Waals surface area contributed by atoms with Crippen LogP contribution >= 0.6 is 0 Å². The van der Waals surface area contributed by atoms with Gasteiger partial charge in [-0.3, -0.25) is 24.5 Å². The molecule has 4 amide bonds. The van der Waals surface area contributed by atoms with Crippen LogP contribution in [0.15, 0.2) is 41.2 Å². The van der Waals surface area contributed by atoms with E-state index in [1.54, 1.807) is 42.3 Å². The number of anilines is 1. The molecule has 2 bridgehead atoms. The van der Waals surface area contributed by atoms with Crippen molar-refractivity contribution < 1.29 is 24.3 Å². The number of piperidine rings is 1. The van der Waals surface area contributed by atoms with Crippen LogP contribution in [0, 0.1) is 11.1 Å². The lowest BCUT2D eigenvalue weighted by molar-refractivity contribution is -0.137. The van der Waals surface area contributed by atoms with Crippen molar-refractivity contribution in [3.8, 4) is 5.75 Å². The van der Waals surface area contributed by atoms with Gasteiger partial charge in [0, 0.05) is 31.2 Å². The average molecular weight is 497 g/mol. The zero-order valence-corrected chi connectivity index (χ0v) is 19.6. The van der Waals surface area contributed by atoms with Crippen LogP contribution in [0.1, 0.15) is 30.0 Å². The Balaban J connectivity index is 1.24. The van der Waals surface area contributed by atoms with E-state index in [1.165, 1.54) is 10.6 Å². The van der Waals surface area contributed by atoms with Crippen molar-refractivity contribution in [2.75, 3.05) is 25.4 Å². The summed E-state index contributed by atoms with van der Waals surface area (Å²) in [6.45, 7) is 1.18. The van der Waals surface area contributed by atoms with E-state index >= 15 is 0 Å². The number of benzene rings is 1. The van der Waals surface area contributed by atoms with Gasteiger partial charge in [-0.2, -0.15) is 0 Å². The van der Waals surface area contributed by atoms with Gasteiger partial charge in [-0.05, 0) is 42.2 Å². The van der Waals surface area contributed by atoms with Crippen LogP contribution in [0.3, 0.4) is 0 Å².